The highest BCUT2D eigenvalue weighted by Crippen LogP contribution is 2.25. The SMILES string of the molecule is CNCC(=O)NCCNC(=O)CC1CCCCC1.Cl. The van der Waals surface area contributed by atoms with Crippen LogP contribution >= 0.6 is 12.4 Å². The normalized spacial score (nSPS) is 15.4. The van der Waals surface area contributed by atoms with Crippen LogP contribution in [0.4, 0.5) is 0 Å². The molecule has 1 fully saturated rings. The fourth-order valence-corrected chi connectivity index (χ4v) is 2.35. The van der Waals surface area contributed by atoms with Gasteiger partial charge in [-0.25, -0.2) is 0 Å². The maximum Gasteiger partial charge on any atom is 0.234 e. The molecule has 5 nitrogen and oxygen atoms in total. The molecule has 1 aliphatic carbocycles. The predicted molar refractivity (Wildman–Crippen MR) is 78.4 cm³/mol. The lowest BCUT2D eigenvalue weighted by Gasteiger charge is -2.20. The highest BCUT2D eigenvalue weighted by molar-refractivity contribution is 5.85. The first-order valence-corrected chi connectivity index (χ1v) is 6.90. The van der Waals surface area contributed by atoms with Crippen molar-refractivity contribution in [1.29, 1.82) is 0 Å². The van der Waals surface area contributed by atoms with Gasteiger partial charge in [-0.05, 0) is 25.8 Å². The molecule has 19 heavy (non-hydrogen) atoms. The Morgan fingerprint density at radius 3 is 2.16 bits per heavy atom. The Labute approximate surface area is 121 Å². The lowest BCUT2D eigenvalue weighted by molar-refractivity contribution is -0.123. The molecule has 0 spiro atoms. The summed E-state index contributed by atoms with van der Waals surface area (Å²) in [6, 6.07) is 0. The zero-order valence-electron chi connectivity index (χ0n) is 11.7. The largest absolute Gasteiger partial charge is 0.354 e. The summed E-state index contributed by atoms with van der Waals surface area (Å²) in [4.78, 5) is 22.8. The van der Waals surface area contributed by atoms with Crippen molar-refractivity contribution in [3.63, 3.8) is 0 Å². The third-order valence-electron chi connectivity index (χ3n) is 3.31. The first-order valence-electron chi connectivity index (χ1n) is 6.90. The molecule has 1 aliphatic rings. The van der Waals surface area contributed by atoms with E-state index in [0.717, 1.165) is 0 Å². The van der Waals surface area contributed by atoms with Crippen LogP contribution in [-0.4, -0.2) is 38.5 Å². The van der Waals surface area contributed by atoms with E-state index in [9.17, 15) is 9.59 Å². The number of carbonyl (C=O) groups excluding carboxylic acids is 2. The van der Waals surface area contributed by atoms with E-state index in [1.807, 2.05) is 0 Å². The minimum absolute atomic E-state index is 0. The quantitative estimate of drug-likeness (QED) is 0.609. The van der Waals surface area contributed by atoms with Crippen molar-refractivity contribution in [2.45, 2.75) is 38.5 Å². The average Bonchev–Trinajstić information content (AvgIpc) is 2.36. The Balaban J connectivity index is 0.00000324. The van der Waals surface area contributed by atoms with Crippen LogP contribution in [0.15, 0.2) is 0 Å². The molecular weight excluding hydrogens is 266 g/mol. The van der Waals surface area contributed by atoms with E-state index >= 15 is 0 Å². The molecule has 2 amide bonds. The van der Waals surface area contributed by atoms with E-state index in [1.54, 1.807) is 7.05 Å². The van der Waals surface area contributed by atoms with Gasteiger partial charge in [-0.3, -0.25) is 9.59 Å². The Hall–Kier alpha value is -0.810. The van der Waals surface area contributed by atoms with Crippen LogP contribution < -0.4 is 16.0 Å². The van der Waals surface area contributed by atoms with Gasteiger partial charge < -0.3 is 16.0 Å². The second kappa shape index (κ2) is 11.1. The lowest BCUT2D eigenvalue weighted by Crippen LogP contribution is -2.38. The molecule has 3 N–H and O–H groups in total. The number of rotatable bonds is 7. The van der Waals surface area contributed by atoms with Gasteiger partial charge in [-0.1, -0.05) is 19.3 Å². The minimum atomic E-state index is -0.0426. The molecule has 6 heteroatoms. The molecule has 0 unspecified atom stereocenters. The summed E-state index contributed by atoms with van der Waals surface area (Å²) in [5.74, 6) is 0.640. The number of hydrogen-bond donors (Lipinski definition) is 3. The van der Waals surface area contributed by atoms with Crippen LogP contribution in [0, 0.1) is 5.92 Å². The Morgan fingerprint density at radius 2 is 1.58 bits per heavy atom. The van der Waals surface area contributed by atoms with Crippen LogP contribution in [-0.2, 0) is 9.59 Å². The van der Waals surface area contributed by atoms with Gasteiger partial charge >= 0.3 is 0 Å². The Morgan fingerprint density at radius 1 is 1.00 bits per heavy atom. The van der Waals surface area contributed by atoms with Crippen LogP contribution in [0.25, 0.3) is 0 Å². The third-order valence-corrected chi connectivity index (χ3v) is 3.31. The van der Waals surface area contributed by atoms with Gasteiger partial charge in [-0.2, -0.15) is 0 Å². The molecule has 1 saturated carbocycles. The first-order chi connectivity index (χ1) is 8.72. The molecule has 0 aromatic rings. The predicted octanol–water partition coefficient (Wildman–Crippen LogP) is 0.830. The highest BCUT2D eigenvalue weighted by Gasteiger charge is 2.16. The summed E-state index contributed by atoms with van der Waals surface area (Å²) in [6.45, 7) is 1.33. The number of carbonyl (C=O) groups is 2. The van der Waals surface area contributed by atoms with Crippen molar-refractivity contribution in [1.82, 2.24) is 16.0 Å². The standard InChI is InChI=1S/C13H25N3O2.ClH/c1-14-10-13(18)16-8-7-15-12(17)9-11-5-3-2-4-6-11;/h11,14H,2-10H2,1H3,(H,15,17)(H,16,18);1H. The molecule has 0 aromatic carbocycles. The van der Waals surface area contributed by atoms with Gasteiger partial charge in [0, 0.05) is 19.5 Å². The van der Waals surface area contributed by atoms with Crippen LogP contribution in [0.3, 0.4) is 0 Å². The molecule has 0 bridgehead atoms. The van der Waals surface area contributed by atoms with Gasteiger partial charge in [-0.15, -0.1) is 12.4 Å². The van der Waals surface area contributed by atoms with Gasteiger partial charge in [0.1, 0.15) is 0 Å². The zero-order chi connectivity index (χ0) is 13.2. The van der Waals surface area contributed by atoms with Crippen molar-refractivity contribution in [2.24, 2.45) is 5.92 Å². The summed E-state index contributed by atoms with van der Waals surface area (Å²) in [5.41, 5.74) is 0. The highest BCUT2D eigenvalue weighted by atomic mass is 35.5. The summed E-state index contributed by atoms with van der Waals surface area (Å²) >= 11 is 0. The van der Waals surface area contributed by atoms with Crippen molar-refractivity contribution in [3.05, 3.63) is 0 Å². The molecule has 0 aromatic heterocycles. The van der Waals surface area contributed by atoms with E-state index in [2.05, 4.69) is 16.0 Å². The molecule has 1 rings (SSSR count). The third kappa shape index (κ3) is 8.83. The van der Waals surface area contributed by atoms with Crippen molar-refractivity contribution in [3.8, 4) is 0 Å². The van der Waals surface area contributed by atoms with Crippen molar-refractivity contribution >= 4 is 24.2 Å². The number of nitrogens with one attached hydrogen (secondary N) is 3. The number of likely N-dealkylation sites (N-methyl/N-ethyl adjacent to an activating group) is 1. The van der Waals surface area contributed by atoms with E-state index < -0.39 is 0 Å². The van der Waals surface area contributed by atoms with Crippen molar-refractivity contribution in [2.75, 3.05) is 26.7 Å². The molecule has 112 valence electrons. The molecule has 0 atom stereocenters. The summed E-state index contributed by atoms with van der Waals surface area (Å²) in [5, 5.41) is 8.35. The maximum absolute atomic E-state index is 11.6. The Kier molecular flexibility index (Phi) is 10.6. The van der Waals surface area contributed by atoms with E-state index in [-0.39, 0.29) is 24.2 Å². The van der Waals surface area contributed by atoms with Gasteiger partial charge in [0.05, 0.1) is 6.54 Å². The van der Waals surface area contributed by atoms with Gasteiger partial charge in [0.15, 0.2) is 0 Å². The number of hydrogen-bond acceptors (Lipinski definition) is 3. The summed E-state index contributed by atoms with van der Waals surface area (Å²) in [7, 11) is 1.73. The van der Waals surface area contributed by atoms with Crippen LogP contribution in [0.2, 0.25) is 0 Å². The van der Waals surface area contributed by atoms with E-state index in [4.69, 9.17) is 0 Å². The smallest absolute Gasteiger partial charge is 0.234 e. The first kappa shape index (κ1) is 18.2. The van der Waals surface area contributed by atoms with Crippen LogP contribution in [0.1, 0.15) is 38.5 Å². The average molecular weight is 292 g/mol. The van der Waals surface area contributed by atoms with Gasteiger partial charge in [0.2, 0.25) is 11.8 Å². The van der Waals surface area contributed by atoms with E-state index in [1.165, 1.54) is 32.1 Å². The molecule has 0 radical (unpaired) electrons. The van der Waals surface area contributed by atoms with E-state index in [0.29, 0.717) is 32.0 Å². The fourth-order valence-electron chi connectivity index (χ4n) is 2.35. The van der Waals surface area contributed by atoms with Crippen molar-refractivity contribution < 1.29 is 9.59 Å². The molecule has 0 aliphatic heterocycles. The second-order valence-electron chi connectivity index (χ2n) is 4.94. The summed E-state index contributed by atoms with van der Waals surface area (Å²) in [6.07, 6.45) is 6.86. The molecular formula is C13H26ClN3O2. The molecule has 0 saturated heterocycles. The molecule has 0 heterocycles. The summed E-state index contributed by atoms with van der Waals surface area (Å²) < 4.78 is 0. The van der Waals surface area contributed by atoms with Crippen LogP contribution in [0.5, 0.6) is 0 Å². The minimum Gasteiger partial charge on any atom is -0.354 e. The second-order valence-corrected chi connectivity index (χ2v) is 4.94. The zero-order valence-corrected chi connectivity index (χ0v) is 12.5. The van der Waals surface area contributed by atoms with Gasteiger partial charge in [0.25, 0.3) is 0 Å². The fraction of sp³-hybridized carbons (Fsp3) is 0.846. The number of halogens is 1. The monoisotopic (exact) mass is 291 g/mol. The maximum atomic E-state index is 11.6. The lowest BCUT2D eigenvalue weighted by atomic mass is 9.87. The Bertz CT molecular complexity index is 269. The topological polar surface area (TPSA) is 70.2 Å². The number of amides is 2.